The third kappa shape index (κ3) is 3.52. The van der Waals surface area contributed by atoms with Crippen molar-refractivity contribution < 1.29 is 9.90 Å². The maximum absolute atomic E-state index is 11.5. The summed E-state index contributed by atoms with van der Waals surface area (Å²) in [5.41, 5.74) is 0.684. The number of carboxylic acids is 1. The molecule has 0 amide bonds. The van der Waals surface area contributed by atoms with E-state index < -0.39 is 11.5 Å². The molecule has 2 unspecified atom stereocenters. The molecule has 1 aromatic rings. The highest BCUT2D eigenvalue weighted by molar-refractivity contribution is 6.31. The lowest BCUT2D eigenvalue weighted by Crippen LogP contribution is -2.51. The van der Waals surface area contributed by atoms with Crippen LogP contribution in [0.4, 0.5) is 0 Å². The molecule has 2 N–H and O–H groups in total. The van der Waals surface area contributed by atoms with E-state index in [4.69, 9.17) is 11.6 Å². The first-order chi connectivity index (χ1) is 9.23. The van der Waals surface area contributed by atoms with E-state index in [1.807, 2.05) is 32.4 Å². The van der Waals surface area contributed by atoms with Crippen molar-refractivity contribution in [3.05, 3.63) is 16.4 Å². The Morgan fingerprint density at radius 3 is 2.55 bits per heavy atom. The Hall–Kier alpha value is -1.07. The highest BCUT2D eigenvalue weighted by Crippen LogP contribution is 2.27. The smallest absolute Gasteiger partial charge is 0.323 e. The van der Waals surface area contributed by atoms with Crippen LogP contribution in [0.5, 0.6) is 0 Å². The molecule has 0 aliphatic carbocycles. The van der Waals surface area contributed by atoms with Gasteiger partial charge in [-0.25, -0.2) is 0 Å². The van der Waals surface area contributed by atoms with Gasteiger partial charge in [0.05, 0.1) is 22.5 Å². The fourth-order valence-electron chi connectivity index (χ4n) is 2.39. The summed E-state index contributed by atoms with van der Waals surface area (Å²) in [4.78, 5) is 11.5. The minimum atomic E-state index is -0.964. The van der Waals surface area contributed by atoms with Crippen molar-refractivity contribution in [1.29, 1.82) is 0 Å². The number of nitrogens with zero attached hydrogens (tertiary/aromatic N) is 2. The Morgan fingerprint density at radius 2 is 2.15 bits per heavy atom. The number of aliphatic carboxylic acids is 1. The SMILES string of the molecule is CCCNC(C)(CC(C)n1nc(C)c(Cl)c1C)C(=O)O. The Kier molecular flexibility index (Phi) is 5.59. The van der Waals surface area contributed by atoms with Crippen LogP contribution in [0.2, 0.25) is 5.02 Å². The number of aryl methyl sites for hydroxylation is 1. The first-order valence-electron chi connectivity index (χ1n) is 6.92. The highest BCUT2D eigenvalue weighted by Gasteiger charge is 2.35. The molecular weight excluding hydrogens is 278 g/mol. The lowest BCUT2D eigenvalue weighted by atomic mass is 9.93. The minimum Gasteiger partial charge on any atom is -0.480 e. The monoisotopic (exact) mass is 301 g/mol. The molecule has 1 heterocycles. The van der Waals surface area contributed by atoms with Crippen LogP contribution in [0.25, 0.3) is 0 Å². The molecule has 0 aliphatic rings. The fraction of sp³-hybridized carbons (Fsp3) is 0.714. The zero-order chi connectivity index (χ0) is 15.5. The zero-order valence-electron chi connectivity index (χ0n) is 12.8. The predicted molar refractivity (Wildman–Crippen MR) is 80.4 cm³/mol. The van der Waals surface area contributed by atoms with Gasteiger partial charge in [0.2, 0.25) is 0 Å². The Morgan fingerprint density at radius 1 is 1.55 bits per heavy atom. The average molecular weight is 302 g/mol. The van der Waals surface area contributed by atoms with Crippen molar-refractivity contribution in [2.24, 2.45) is 0 Å². The van der Waals surface area contributed by atoms with Gasteiger partial charge in [0.25, 0.3) is 0 Å². The third-order valence-electron chi connectivity index (χ3n) is 3.60. The van der Waals surface area contributed by atoms with Gasteiger partial charge < -0.3 is 10.4 Å². The molecule has 0 bridgehead atoms. The summed E-state index contributed by atoms with van der Waals surface area (Å²) in [7, 11) is 0. The summed E-state index contributed by atoms with van der Waals surface area (Å²) in [5, 5.41) is 17.6. The van der Waals surface area contributed by atoms with E-state index in [9.17, 15) is 9.90 Å². The van der Waals surface area contributed by atoms with Gasteiger partial charge in [0, 0.05) is 0 Å². The summed E-state index contributed by atoms with van der Waals surface area (Å²) in [6.45, 7) is 10.1. The summed E-state index contributed by atoms with van der Waals surface area (Å²) in [6.07, 6.45) is 1.34. The zero-order valence-corrected chi connectivity index (χ0v) is 13.6. The molecule has 5 nitrogen and oxygen atoms in total. The van der Waals surface area contributed by atoms with Crippen LogP contribution in [0.15, 0.2) is 0 Å². The van der Waals surface area contributed by atoms with Crippen LogP contribution in [-0.4, -0.2) is 32.9 Å². The number of carboxylic acid groups (broad SMARTS) is 1. The summed E-state index contributed by atoms with van der Waals surface area (Å²) in [6, 6.07) is -0.0494. The maximum atomic E-state index is 11.5. The quantitative estimate of drug-likeness (QED) is 0.812. The topological polar surface area (TPSA) is 67.2 Å². The second-order valence-corrected chi connectivity index (χ2v) is 5.92. The van der Waals surface area contributed by atoms with Crippen LogP contribution < -0.4 is 5.32 Å². The molecule has 114 valence electrons. The molecule has 0 fully saturated rings. The van der Waals surface area contributed by atoms with Gasteiger partial charge in [0.1, 0.15) is 5.54 Å². The molecule has 0 aromatic carbocycles. The molecule has 0 aliphatic heterocycles. The maximum Gasteiger partial charge on any atom is 0.323 e. The van der Waals surface area contributed by atoms with Crippen LogP contribution in [0.1, 0.15) is 51.0 Å². The predicted octanol–water partition coefficient (Wildman–Crippen LogP) is 2.95. The van der Waals surface area contributed by atoms with Crippen molar-refractivity contribution in [2.45, 2.75) is 59.0 Å². The number of rotatable bonds is 7. The van der Waals surface area contributed by atoms with Crippen molar-refractivity contribution in [2.75, 3.05) is 6.54 Å². The minimum absolute atomic E-state index is 0.0494. The number of halogens is 1. The van der Waals surface area contributed by atoms with E-state index >= 15 is 0 Å². The first-order valence-corrected chi connectivity index (χ1v) is 7.30. The van der Waals surface area contributed by atoms with Gasteiger partial charge in [-0.2, -0.15) is 5.10 Å². The Labute approximate surface area is 125 Å². The average Bonchev–Trinajstić information content (AvgIpc) is 2.64. The number of nitrogens with one attached hydrogen (secondary N) is 1. The van der Waals surface area contributed by atoms with E-state index in [2.05, 4.69) is 10.4 Å². The summed E-state index contributed by atoms with van der Waals surface area (Å²) in [5.74, 6) is -0.842. The molecule has 2 atom stereocenters. The standard InChI is InChI=1S/C14H24ClN3O2/c1-6-7-16-14(5,13(19)20)8-9(2)18-11(4)12(15)10(3)17-18/h9,16H,6-8H2,1-5H3,(H,19,20). The number of hydrogen-bond acceptors (Lipinski definition) is 3. The molecule has 0 spiro atoms. The van der Waals surface area contributed by atoms with E-state index in [-0.39, 0.29) is 6.04 Å². The van der Waals surface area contributed by atoms with Crippen LogP contribution in [0, 0.1) is 13.8 Å². The summed E-state index contributed by atoms with van der Waals surface area (Å²) < 4.78 is 1.81. The largest absolute Gasteiger partial charge is 0.480 e. The molecule has 6 heteroatoms. The van der Waals surface area contributed by atoms with Gasteiger partial charge in [-0.3, -0.25) is 9.48 Å². The second kappa shape index (κ2) is 6.59. The first kappa shape index (κ1) is 17.0. The molecule has 20 heavy (non-hydrogen) atoms. The van der Waals surface area contributed by atoms with Gasteiger partial charge in [0.15, 0.2) is 0 Å². The van der Waals surface area contributed by atoms with E-state index in [0.29, 0.717) is 18.0 Å². The van der Waals surface area contributed by atoms with Gasteiger partial charge in [-0.15, -0.1) is 0 Å². The van der Waals surface area contributed by atoms with Crippen LogP contribution >= 0.6 is 11.6 Å². The number of carbonyl (C=O) groups is 1. The summed E-state index contributed by atoms with van der Waals surface area (Å²) >= 11 is 6.14. The molecule has 1 rings (SSSR count). The van der Waals surface area contributed by atoms with E-state index in [1.165, 1.54) is 0 Å². The van der Waals surface area contributed by atoms with E-state index in [0.717, 1.165) is 17.8 Å². The fourth-order valence-corrected chi connectivity index (χ4v) is 2.51. The van der Waals surface area contributed by atoms with Crippen molar-refractivity contribution in [1.82, 2.24) is 15.1 Å². The number of aromatic nitrogens is 2. The third-order valence-corrected chi connectivity index (χ3v) is 4.14. The Balaban J connectivity index is 2.93. The molecule has 0 saturated carbocycles. The van der Waals surface area contributed by atoms with Crippen LogP contribution in [0.3, 0.4) is 0 Å². The second-order valence-electron chi connectivity index (χ2n) is 5.55. The van der Waals surface area contributed by atoms with Gasteiger partial charge in [-0.05, 0) is 47.1 Å². The van der Waals surface area contributed by atoms with Crippen molar-refractivity contribution in [3.8, 4) is 0 Å². The Bertz CT molecular complexity index is 487. The van der Waals surface area contributed by atoms with E-state index in [1.54, 1.807) is 6.92 Å². The lowest BCUT2D eigenvalue weighted by Gasteiger charge is -2.29. The normalized spacial score (nSPS) is 15.9. The molecular formula is C14H24ClN3O2. The molecule has 1 aromatic heterocycles. The molecule has 0 saturated heterocycles. The van der Waals surface area contributed by atoms with Crippen molar-refractivity contribution in [3.63, 3.8) is 0 Å². The van der Waals surface area contributed by atoms with Gasteiger partial charge in [-0.1, -0.05) is 18.5 Å². The number of hydrogen-bond donors (Lipinski definition) is 2. The van der Waals surface area contributed by atoms with Gasteiger partial charge >= 0.3 is 5.97 Å². The lowest BCUT2D eigenvalue weighted by molar-refractivity contribution is -0.144. The van der Waals surface area contributed by atoms with Crippen molar-refractivity contribution >= 4 is 17.6 Å². The van der Waals surface area contributed by atoms with Crippen LogP contribution in [-0.2, 0) is 4.79 Å². The highest BCUT2D eigenvalue weighted by atomic mass is 35.5. The molecule has 0 radical (unpaired) electrons.